The number of aliphatic carboxylic acids is 1. The number of benzene rings is 1. The number of halogens is 1. The predicted molar refractivity (Wildman–Crippen MR) is 95.7 cm³/mol. The highest BCUT2D eigenvalue weighted by Crippen LogP contribution is 2.33. The maximum atomic E-state index is 14.3. The molecule has 0 radical (unpaired) electrons. The summed E-state index contributed by atoms with van der Waals surface area (Å²) in [6, 6.07) is 8.47. The molecule has 1 aromatic heterocycles. The van der Waals surface area contributed by atoms with Gasteiger partial charge in [0.15, 0.2) is 11.6 Å². The molecule has 0 aliphatic carbocycles. The first-order valence-corrected chi connectivity index (χ1v) is 8.72. The molecule has 2 aromatic rings. The highest BCUT2D eigenvalue weighted by Gasteiger charge is 2.32. The Bertz CT molecular complexity index is 779. The van der Waals surface area contributed by atoms with Gasteiger partial charge in [-0.2, -0.15) is 0 Å². The van der Waals surface area contributed by atoms with Crippen molar-refractivity contribution in [2.75, 3.05) is 20.2 Å². The second-order valence-electron chi connectivity index (χ2n) is 6.73. The number of rotatable bonds is 5. The van der Waals surface area contributed by atoms with Crippen molar-refractivity contribution in [2.45, 2.75) is 25.8 Å². The number of hydrogen-bond acceptors (Lipinski definition) is 4. The van der Waals surface area contributed by atoms with Crippen LogP contribution in [-0.4, -0.2) is 41.2 Å². The minimum absolute atomic E-state index is 0.187. The van der Waals surface area contributed by atoms with Gasteiger partial charge in [0, 0.05) is 12.7 Å². The Morgan fingerprint density at radius 3 is 2.81 bits per heavy atom. The molecule has 2 atom stereocenters. The molecule has 6 heteroatoms. The van der Waals surface area contributed by atoms with Gasteiger partial charge < -0.3 is 9.84 Å². The molecule has 0 saturated carbocycles. The number of aromatic nitrogens is 1. The van der Waals surface area contributed by atoms with Crippen molar-refractivity contribution in [1.29, 1.82) is 0 Å². The normalized spacial score (nSPS) is 19.1. The Labute approximate surface area is 152 Å². The van der Waals surface area contributed by atoms with E-state index in [1.807, 2.05) is 25.1 Å². The van der Waals surface area contributed by atoms with Gasteiger partial charge in [-0.25, -0.2) is 4.39 Å². The van der Waals surface area contributed by atoms with E-state index in [4.69, 9.17) is 4.74 Å². The molecule has 0 spiro atoms. The number of ether oxygens (including phenoxy) is 1. The summed E-state index contributed by atoms with van der Waals surface area (Å²) in [5, 5.41) is 9.41. The topological polar surface area (TPSA) is 62.7 Å². The van der Waals surface area contributed by atoms with Gasteiger partial charge in [0.05, 0.1) is 24.8 Å². The molecular weight excluding hydrogens is 335 g/mol. The van der Waals surface area contributed by atoms with E-state index < -0.39 is 17.7 Å². The van der Waals surface area contributed by atoms with Gasteiger partial charge in [-0.1, -0.05) is 12.1 Å². The summed E-state index contributed by atoms with van der Waals surface area (Å²) in [4.78, 5) is 18.1. The molecule has 2 heterocycles. The monoisotopic (exact) mass is 358 g/mol. The van der Waals surface area contributed by atoms with E-state index >= 15 is 0 Å². The van der Waals surface area contributed by atoms with E-state index in [0.29, 0.717) is 13.0 Å². The average Bonchev–Trinajstić information content (AvgIpc) is 2.64. The fourth-order valence-corrected chi connectivity index (χ4v) is 3.50. The summed E-state index contributed by atoms with van der Waals surface area (Å²) in [6.07, 6.45) is 3.23. The SMILES string of the molecule is COc1ccc(C(c2ccc(C)cn2)N2CCCC(C(=O)O)C2)cc1F. The fourth-order valence-electron chi connectivity index (χ4n) is 3.50. The number of carbonyl (C=O) groups is 1. The molecule has 1 aliphatic rings. The van der Waals surface area contributed by atoms with Crippen LogP contribution in [0, 0.1) is 18.7 Å². The maximum absolute atomic E-state index is 14.3. The quantitative estimate of drug-likeness (QED) is 0.887. The molecule has 3 rings (SSSR count). The van der Waals surface area contributed by atoms with Gasteiger partial charge in [0.25, 0.3) is 0 Å². The van der Waals surface area contributed by atoms with Crippen LogP contribution >= 0.6 is 0 Å². The zero-order valence-electron chi connectivity index (χ0n) is 15.0. The standard InChI is InChI=1S/C20H23FN2O3/c1-13-5-7-17(22-11-13)19(14-6-8-18(26-2)16(21)10-14)23-9-3-4-15(12-23)20(24)25/h5-8,10-11,15,19H,3-4,9,12H2,1-2H3,(H,24,25). The van der Waals surface area contributed by atoms with Gasteiger partial charge in [-0.3, -0.25) is 14.7 Å². The lowest BCUT2D eigenvalue weighted by atomic mass is 9.93. The van der Waals surface area contributed by atoms with E-state index in [9.17, 15) is 14.3 Å². The van der Waals surface area contributed by atoms with E-state index in [1.165, 1.54) is 13.2 Å². The van der Waals surface area contributed by atoms with Crippen molar-refractivity contribution in [1.82, 2.24) is 9.88 Å². The maximum Gasteiger partial charge on any atom is 0.307 e. The molecule has 138 valence electrons. The molecule has 1 aliphatic heterocycles. The third-order valence-electron chi connectivity index (χ3n) is 4.87. The molecule has 1 aromatic carbocycles. The zero-order chi connectivity index (χ0) is 18.7. The van der Waals surface area contributed by atoms with Gasteiger partial charge >= 0.3 is 5.97 Å². The first kappa shape index (κ1) is 18.3. The Morgan fingerprint density at radius 2 is 2.19 bits per heavy atom. The number of nitrogens with zero attached hydrogens (tertiary/aromatic N) is 2. The Balaban J connectivity index is 2.00. The van der Waals surface area contributed by atoms with E-state index in [1.54, 1.807) is 12.3 Å². The van der Waals surface area contributed by atoms with E-state index in [-0.39, 0.29) is 11.8 Å². The second-order valence-corrected chi connectivity index (χ2v) is 6.73. The number of carboxylic acid groups (broad SMARTS) is 1. The lowest BCUT2D eigenvalue weighted by molar-refractivity contribution is -0.143. The van der Waals surface area contributed by atoms with E-state index in [0.717, 1.165) is 29.8 Å². The summed E-state index contributed by atoms with van der Waals surface area (Å²) in [5.41, 5.74) is 2.56. The minimum atomic E-state index is -0.786. The highest BCUT2D eigenvalue weighted by molar-refractivity contribution is 5.70. The number of aryl methyl sites for hydroxylation is 1. The average molecular weight is 358 g/mol. The van der Waals surface area contributed by atoms with Gasteiger partial charge in [-0.05, 0) is 55.6 Å². The first-order chi connectivity index (χ1) is 12.5. The third-order valence-corrected chi connectivity index (χ3v) is 4.87. The summed E-state index contributed by atoms with van der Waals surface area (Å²) in [6.45, 7) is 3.13. The van der Waals surface area contributed by atoms with Crippen LogP contribution < -0.4 is 4.74 Å². The summed E-state index contributed by atoms with van der Waals surface area (Å²) in [5.74, 6) is -1.45. The summed E-state index contributed by atoms with van der Waals surface area (Å²) in [7, 11) is 1.43. The Hall–Kier alpha value is -2.47. The van der Waals surface area contributed by atoms with Crippen molar-refractivity contribution < 1.29 is 19.0 Å². The predicted octanol–water partition coefficient (Wildman–Crippen LogP) is 3.42. The molecule has 1 fully saturated rings. The lowest BCUT2D eigenvalue weighted by Gasteiger charge is -2.37. The Morgan fingerprint density at radius 1 is 1.38 bits per heavy atom. The molecule has 5 nitrogen and oxygen atoms in total. The number of carboxylic acids is 1. The number of methoxy groups -OCH3 is 1. The molecule has 1 saturated heterocycles. The van der Waals surface area contributed by atoms with Crippen molar-refractivity contribution in [3.63, 3.8) is 0 Å². The van der Waals surface area contributed by atoms with Crippen LogP contribution in [0.5, 0.6) is 5.75 Å². The van der Waals surface area contributed by atoms with Gasteiger partial charge in [-0.15, -0.1) is 0 Å². The van der Waals surface area contributed by atoms with Crippen molar-refractivity contribution in [3.8, 4) is 5.75 Å². The number of piperidine rings is 1. The first-order valence-electron chi connectivity index (χ1n) is 8.72. The van der Waals surface area contributed by atoms with Gasteiger partial charge in [0.2, 0.25) is 0 Å². The van der Waals surface area contributed by atoms with Crippen molar-refractivity contribution in [2.24, 2.45) is 5.92 Å². The van der Waals surface area contributed by atoms with Crippen LogP contribution in [-0.2, 0) is 4.79 Å². The van der Waals surface area contributed by atoms with Crippen molar-refractivity contribution in [3.05, 3.63) is 59.2 Å². The molecule has 1 N–H and O–H groups in total. The van der Waals surface area contributed by atoms with Crippen LogP contribution in [0.2, 0.25) is 0 Å². The fraction of sp³-hybridized carbons (Fsp3) is 0.400. The molecule has 26 heavy (non-hydrogen) atoms. The number of likely N-dealkylation sites (tertiary alicyclic amines) is 1. The smallest absolute Gasteiger partial charge is 0.307 e. The van der Waals surface area contributed by atoms with Gasteiger partial charge in [0.1, 0.15) is 0 Å². The Kier molecular flexibility index (Phi) is 5.52. The lowest BCUT2D eigenvalue weighted by Crippen LogP contribution is -2.41. The molecule has 2 unspecified atom stereocenters. The van der Waals surface area contributed by atoms with Crippen LogP contribution in [0.1, 0.15) is 35.7 Å². The molecular formula is C20H23FN2O3. The second kappa shape index (κ2) is 7.83. The summed E-state index contributed by atoms with van der Waals surface area (Å²) < 4.78 is 19.3. The van der Waals surface area contributed by atoms with Crippen LogP contribution in [0.4, 0.5) is 4.39 Å². The molecule has 0 amide bonds. The van der Waals surface area contributed by atoms with E-state index in [2.05, 4.69) is 9.88 Å². The number of pyridine rings is 1. The van der Waals surface area contributed by atoms with Crippen LogP contribution in [0.25, 0.3) is 0 Å². The highest BCUT2D eigenvalue weighted by atomic mass is 19.1. The minimum Gasteiger partial charge on any atom is -0.494 e. The van der Waals surface area contributed by atoms with Crippen LogP contribution in [0.15, 0.2) is 36.5 Å². The summed E-state index contributed by atoms with van der Waals surface area (Å²) >= 11 is 0. The zero-order valence-corrected chi connectivity index (χ0v) is 15.0. The third kappa shape index (κ3) is 3.85. The van der Waals surface area contributed by atoms with Crippen LogP contribution in [0.3, 0.4) is 0 Å². The number of hydrogen-bond donors (Lipinski definition) is 1. The molecule has 0 bridgehead atoms. The largest absolute Gasteiger partial charge is 0.494 e. The van der Waals surface area contributed by atoms with Crippen molar-refractivity contribution >= 4 is 5.97 Å².